The van der Waals surface area contributed by atoms with Gasteiger partial charge in [-0.2, -0.15) is 0 Å². The first kappa shape index (κ1) is 41.3. The van der Waals surface area contributed by atoms with Crippen molar-refractivity contribution in [2.45, 2.75) is 79.1 Å². The summed E-state index contributed by atoms with van der Waals surface area (Å²) < 4.78 is 0. The third-order valence-electron chi connectivity index (χ3n) is 9.76. The van der Waals surface area contributed by atoms with Crippen molar-refractivity contribution in [2.24, 2.45) is 0 Å². The number of hydrogen-bond donors (Lipinski definition) is 0. The Labute approximate surface area is 337 Å². The second-order valence-electron chi connectivity index (χ2n) is 14.2. The van der Waals surface area contributed by atoms with Crippen LogP contribution in [0.2, 0.25) is 0 Å². The summed E-state index contributed by atoms with van der Waals surface area (Å²) in [5.74, 6) is 13.5. The molecular formula is C52H58N4. The number of anilines is 2. The topological polar surface area (TPSA) is 32.3 Å². The maximum absolute atomic E-state index is 4.47. The Kier molecular flexibility index (Phi) is 17.1. The van der Waals surface area contributed by atoms with Gasteiger partial charge in [0.15, 0.2) is 0 Å². The predicted octanol–water partition coefficient (Wildman–Crippen LogP) is 12.4. The zero-order valence-electron chi connectivity index (χ0n) is 34.0. The first-order chi connectivity index (χ1) is 27.6. The molecule has 5 rings (SSSR count). The Balaban J connectivity index is 1.52. The van der Waals surface area contributed by atoms with Crippen LogP contribution >= 0.6 is 0 Å². The van der Waals surface area contributed by atoms with Crippen LogP contribution in [-0.2, 0) is 0 Å². The van der Waals surface area contributed by atoms with Gasteiger partial charge in [-0.05, 0) is 120 Å². The molecule has 0 saturated heterocycles. The van der Waals surface area contributed by atoms with E-state index < -0.39 is 0 Å². The Morgan fingerprint density at radius 2 is 0.821 bits per heavy atom. The van der Waals surface area contributed by atoms with Gasteiger partial charge < -0.3 is 9.80 Å². The zero-order chi connectivity index (χ0) is 39.2. The van der Waals surface area contributed by atoms with Crippen LogP contribution in [0.5, 0.6) is 0 Å². The number of benzene rings is 3. The molecule has 0 unspecified atom stereocenters. The molecule has 3 aromatic carbocycles. The average molecular weight is 739 g/mol. The number of hydrogen-bond acceptors (Lipinski definition) is 4. The van der Waals surface area contributed by atoms with Gasteiger partial charge >= 0.3 is 0 Å². The van der Waals surface area contributed by atoms with Crippen molar-refractivity contribution in [1.29, 1.82) is 0 Å². The van der Waals surface area contributed by atoms with Gasteiger partial charge in [-0.15, -0.1) is 0 Å². The molecule has 0 spiro atoms. The summed E-state index contributed by atoms with van der Waals surface area (Å²) in [5, 5.41) is 0. The van der Waals surface area contributed by atoms with Crippen LogP contribution < -0.4 is 9.80 Å². The molecule has 0 bridgehead atoms. The Bertz CT molecular complexity index is 1920. The normalized spacial score (nSPS) is 10.9. The summed E-state index contributed by atoms with van der Waals surface area (Å²) in [6, 6.07) is 33.8. The van der Waals surface area contributed by atoms with E-state index in [4.69, 9.17) is 0 Å². The van der Waals surface area contributed by atoms with E-state index in [0.717, 1.165) is 70.9 Å². The molecule has 0 amide bonds. The highest BCUT2D eigenvalue weighted by Crippen LogP contribution is 2.24. The van der Waals surface area contributed by atoms with Crippen molar-refractivity contribution < 1.29 is 0 Å². The highest BCUT2D eigenvalue weighted by Gasteiger charge is 2.09. The quantitative estimate of drug-likeness (QED) is 0.0662. The smallest absolute Gasteiger partial charge is 0.113 e. The van der Waals surface area contributed by atoms with E-state index in [2.05, 4.69) is 156 Å². The van der Waals surface area contributed by atoms with E-state index >= 15 is 0 Å². The van der Waals surface area contributed by atoms with Crippen LogP contribution in [0.25, 0.3) is 24.3 Å². The van der Waals surface area contributed by atoms with Crippen molar-refractivity contribution in [1.82, 2.24) is 9.97 Å². The van der Waals surface area contributed by atoms with Crippen LogP contribution in [0, 0.1) is 23.7 Å². The molecule has 0 radical (unpaired) electrons. The van der Waals surface area contributed by atoms with Gasteiger partial charge in [0.25, 0.3) is 0 Å². The minimum atomic E-state index is 0.733. The summed E-state index contributed by atoms with van der Waals surface area (Å²) in [6.07, 6.45) is 21.8. The maximum Gasteiger partial charge on any atom is 0.113 e. The van der Waals surface area contributed by atoms with Gasteiger partial charge in [0, 0.05) is 61.1 Å². The van der Waals surface area contributed by atoms with E-state index in [0.29, 0.717) is 0 Å². The summed E-state index contributed by atoms with van der Waals surface area (Å²) in [7, 11) is 0. The molecule has 5 aromatic rings. The first-order valence-electron chi connectivity index (χ1n) is 20.7. The van der Waals surface area contributed by atoms with E-state index in [1.165, 1.54) is 62.7 Å². The fourth-order valence-electron chi connectivity index (χ4n) is 6.36. The molecule has 2 heterocycles. The number of rotatable bonds is 18. The van der Waals surface area contributed by atoms with Crippen LogP contribution in [0.1, 0.15) is 124 Å². The van der Waals surface area contributed by atoms with Crippen LogP contribution in [0.3, 0.4) is 0 Å². The molecule has 56 heavy (non-hydrogen) atoms. The zero-order valence-corrected chi connectivity index (χ0v) is 34.0. The molecule has 0 atom stereocenters. The molecule has 286 valence electrons. The maximum atomic E-state index is 4.47. The monoisotopic (exact) mass is 738 g/mol. The Hall–Kier alpha value is -5.84. The summed E-state index contributed by atoms with van der Waals surface area (Å²) in [4.78, 5) is 14.0. The lowest BCUT2D eigenvalue weighted by Crippen LogP contribution is -2.25. The lowest BCUT2D eigenvalue weighted by molar-refractivity contribution is 0.678. The molecule has 2 aromatic heterocycles. The van der Waals surface area contributed by atoms with Crippen molar-refractivity contribution in [3.8, 4) is 23.7 Å². The summed E-state index contributed by atoms with van der Waals surface area (Å²) in [6.45, 7) is 13.4. The molecule has 4 nitrogen and oxygen atoms in total. The number of pyridine rings is 2. The highest BCUT2D eigenvalue weighted by molar-refractivity contribution is 5.80. The van der Waals surface area contributed by atoms with E-state index in [1.54, 1.807) is 12.4 Å². The third-order valence-corrected chi connectivity index (χ3v) is 9.76. The summed E-state index contributed by atoms with van der Waals surface area (Å²) in [5.41, 5.74) is 10.1. The lowest BCUT2D eigenvalue weighted by Gasteiger charge is -2.24. The van der Waals surface area contributed by atoms with Crippen molar-refractivity contribution in [2.75, 3.05) is 36.0 Å². The Morgan fingerprint density at radius 1 is 0.446 bits per heavy atom. The molecule has 0 aliphatic rings. The molecule has 4 heteroatoms. The number of aromatic nitrogens is 2. The number of unbranched alkanes of at least 4 members (excludes halogenated alkanes) is 4. The second-order valence-corrected chi connectivity index (χ2v) is 14.2. The van der Waals surface area contributed by atoms with Gasteiger partial charge in [0.05, 0.1) is 0 Å². The molecule has 0 aliphatic heterocycles. The first-order valence-corrected chi connectivity index (χ1v) is 20.7. The predicted molar refractivity (Wildman–Crippen MR) is 242 cm³/mol. The Morgan fingerprint density at radius 3 is 1.14 bits per heavy atom. The molecular weight excluding hydrogens is 681 g/mol. The molecule has 0 saturated carbocycles. The van der Waals surface area contributed by atoms with E-state index in [9.17, 15) is 0 Å². The van der Waals surface area contributed by atoms with E-state index in [1.807, 2.05) is 36.4 Å². The lowest BCUT2D eigenvalue weighted by atomic mass is 9.96. The largest absolute Gasteiger partial charge is 0.372 e. The average Bonchev–Trinajstić information content (AvgIpc) is 3.25. The van der Waals surface area contributed by atoms with Crippen LogP contribution in [0.4, 0.5) is 11.4 Å². The van der Waals surface area contributed by atoms with Crippen molar-refractivity contribution in [3.63, 3.8) is 0 Å². The molecule has 0 N–H and O–H groups in total. The molecule has 0 aliphatic carbocycles. The van der Waals surface area contributed by atoms with Crippen molar-refractivity contribution >= 4 is 35.7 Å². The van der Waals surface area contributed by atoms with Gasteiger partial charge in [-0.1, -0.05) is 126 Å². The fourth-order valence-corrected chi connectivity index (χ4v) is 6.36. The van der Waals surface area contributed by atoms with Crippen molar-refractivity contribution in [3.05, 3.63) is 154 Å². The highest BCUT2D eigenvalue weighted by atomic mass is 15.1. The second kappa shape index (κ2) is 23.2. The third kappa shape index (κ3) is 13.2. The summed E-state index contributed by atoms with van der Waals surface area (Å²) >= 11 is 0. The molecule has 0 fully saturated rings. The van der Waals surface area contributed by atoms with Crippen LogP contribution in [-0.4, -0.2) is 36.1 Å². The standard InChI is InChI=1S/C52H58N4/c1-5-9-37-55(38-10-6-2)51-31-21-43(22-32-51)19-25-45-41-48(28-30-50-18-14-16-36-54-50)46(42-47(45)27-29-49-17-13-15-35-53-49)26-20-44-23-33-52(34-24-44)56(39-11-7-3)40-12-8-4/h13-26,31-36,41-42H,5-12,37-40H2,1-4H3/b25-19+,26-20+. The van der Waals surface area contributed by atoms with Gasteiger partial charge in [-0.25, -0.2) is 9.97 Å². The SMILES string of the molecule is CCCCN(CCCC)c1ccc(/C=C/c2cc(C#Cc3ccccn3)c(/C=C/c3ccc(N(CCCC)CCCC)cc3)cc2C#Cc2ccccn2)cc1. The minimum Gasteiger partial charge on any atom is -0.372 e. The minimum absolute atomic E-state index is 0.733. The number of nitrogens with zero attached hydrogens (tertiary/aromatic N) is 4. The fraction of sp³-hybridized carbons (Fsp3) is 0.308. The van der Waals surface area contributed by atoms with Gasteiger partial charge in [-0.3, -0.25) is 0 Å². The van der Waals surface area contributed by atoms with Gasteiger partial charge in [0.2, 0.25) is 0 Å². The van der Waals surface area contributed by atoms with E-state index in [-0.39, 0.29) is 0 Å². The van der Waals surface area contributed by atoms with Crippen LogP contribution in [0.15, 0.2) is 109 Å². The van der Waals surface area contributed by atoms with Gasteiger partial charge in [0.1, 0.15) is 11.4 Å².